The fourth-order valence-corrected chi connectivity index (χ4v) is 3.38. The van der Waals surface area contributed by atoms with E-state index < -0.39 is 0 Å². The van der Waals surface area contributed by atoms with Crippen LogP contribution in [-0.4, -0.2) is 52.0 Å². The Morgan fingerprint density at radius 3 is 2.81 bits per heavy atom. The minimum atomic E-state index is 0.000158. The Labute approximate surface area is 164 Å². The fraction of sp³-hybridized carbons (Fsp3) is 0.682. The lowest BCUT2D eigenvalue weighted by atomic mass is 9.82. The van der Waals surface area contributed by atoms with Crippen LogP contribution in [0.1, 0.15) is 44.7 Å². The van der Waals surface area contributed by atoms with E-state index in [0.717, 1.165) is 64.9 Å². The zero-order chi connectivity index (χ0) is 19.5. The highest BCUT2D eigenvalue weighted by molar-refractivity contribution is 5.79. The first kappa shape index (κ1) is 21.7. The third-order valence-electron chi connectivity index (χ3n) is 4.99. The van der Waals surface area contributed by atoms with Crippen LogP contribution in [0.25, 0.3) is 0 Å². The van der Waals surface area contributed by atoms with Crippen molar-refractivity contribution in [1.29, 1.82) is 0 Å². The van der Waals surface area contributed by atoms with Gasteiger partial charge in [-0.05, 0) is 37.8 Å². The van der Waals surface area contributed by atoms with Gasteiger partial charge in [0.05, 0.1) is 19.8 Å². The number of ether oxygens (including phenoxy) is 2. The molecular weight excluding hydrogens is 338 g/mol. The largest absolute Gasteiger partial charge is 0.381 e. The maximum Gasteiger partial charge on any atom is 0.191 e. The molecule has 0 amide bonds. The number of aryl methyl sites for hydroxylation is 1. The second kappa shape index (κ2) is 11.3. The van der Waals surface area contributed by atoms with Crippen molar-refractivity contribution < 1.29 is 9.47 Å². The second-order valence-corrected chi connectivity index (χ2v) is 7.98. The number of rotatable bonds is 10. The summed E-state index contributed by atoms with van der Waals surface area (Å²) in [5.41, 5.74) is 2.68. The number of nitrogens with zero attached hydrogens (tertiary/aromatic N) is 1. The molecule has 0 radical (unpaired) electrons. The van der Waals surface area contributed by atoms with Gasteiger partial charge in [-0.25, -0.2) is 0 Å². The molecule has 1 fully saturated rings. The smallest absolute Gasteiger partial charge is 0.191 e. The first-order chi connectivity index (χ1) is 13.0. The van der Waals surface area contributed by atoms with E-state index in [2.05, 4.69) is 62.6 Å². The fourth-order valence-electron chi connectivity index (χ4n) is 3.38. The molecule has 2 rings (SSSR count). The Bertz CT molecular complexity index is 581. The first-order valence-electron chi connectivity index (χ1n) is 10.3. The summed E-state index contributed by atoms with van der Waals surface area (Å²) >= 11 is 0. The van der Waals surface area contributed by atoms with Crippen molar-refractivity contribution in [2.75, 3.05) is 46.1 Å². The molecule has 1 atom stereocenters. The second-order valence-electron chi connectivity index (χ2n) is 7.98. The third kappa shape index (κ3) is 7.51. The molecule has 152 valence electrons. The van der Waals surface area contributed by atoms with Gasteiger partial charge in [-0.15, -0.1) is 0 Å². The molecule has 2 N–H and O–H groups in total. The van der Waals surface area contributed by atoms with Crippen molar-refractivity contribution in [1.82, 2.24) is 10.6 Å². The van der Waals surface area contributed by atoms with Crippen LogP contribution in [0.2, 0.25) is 0 Å². The van der Waals surface area contributed by atoms with Crippen molar-refractivity contribution in [2.24, 2.45) is 10.9 Å². The Kier molecular flexibility index (Phi) is 9.08. The van der Waals surface area contributed by atoms with E-state index in [-0.39, 0.29) is 5.41 Å². The normalized spacial score (nSPS) is 17.9. The molecule has 0 aromatic heterocycles. The summed E-state index contributed by atoms with van der Waals surface area (Å²) in [7, 11) is 0. The molecule has 5 nitrogen and oxygen atoms in total. The highest BCUT2D eigenvalue weighted by Gasteiger charge is 2.22. The number of hydrogen-bond acceptors (Lipinski definition) is 3. The third-order valence-corrected chi connectivity index (χ3v) is 4.99. The summed E-state index contributed by atoms with van der Waals surface area (Å²) in [6, 6.07) is 8.57. The standard InChI is InChI=1S/C22H37N3O2/c1-5-23-21(24-12-8-13-26-15-19-11-14-27-16-19)25-17-22(3,4)20-10-7-6-9-18(20)2/h6-7,9-10,19H,5,8,11-17H2,1-4H3,(H2,23,24,25). The average molecular weight is 376 g/mol. The predicted molar refractivity (Wildman–Crippen MR) is 113 cm³/mol. The van der Waals surface area contributed by atoms with Gasteiger partial charge in [0.25, 0.3) is 0 Å². The highest BCUT2D eigenvalue weighted by atomic mass is 16.5. The summed E-state index contributed by atoms with van der Waals surface area (Å²) in [4.78, 5) is 4.82. The number of aliphatic imine (C=N–C) groups is 1. The summed E-state index contributed by atoms with van der Waals surface area (Å²) in [5.74, 6) is 1.46. The Morgan fingerprint density at radius 2 is 2.11 bits per heavy atom. The van der Waals surface area contributed by atoms with Gasteiger partial charge < -0.3 is 20.1 Å². The minimum absolute atomic E-state index is 0.000158. The van der Waals surface area contributed by atoms with Crippen LogP contribution >= 0.6 is 0 Å². The monoisotopic (exact) mass is 375 g/mol. The summed E-state index contributed by atoms with van der Waals surface area (Å²) < 4.78 is 11.1. The molecular formula is C22H37N3O2. The average Bonchev–Trinajstić information content (AvgIpc) is 3.16. The van der Waals surface area contributed by atoms with Crippen molar-refractivity contribution in [3.63, 3.8) is 0 Å². The van der Waals surface area contributed by atoms with Crippen LogP contribution in [0.15, 0.2) is 29.3 Å². The molecule has 27 heavy (non-hydrogen) atoms. The molecule has 0 aliphatic carbocycles. The van der Waals surface area contributed by atoms with Crippen LogP contribution < -0.4 is 10.6 Å². The zero-order valence-electron chi connectivity index (χ0n) is 17.5. The molecule has 0 spiro atoms. The van der Waals surface area contributed by atoms with Crippen molar-refractivity contribution in [3.05, 3.63) is 35.4 Å². The van der Waals surface area contributed by atoms with E-state index in [0.29, 0.717) is 5.92 Å². The van der Waals surface area contributed by atoms with E-state index >= 15 is 0 Å². The van der Waals surface area contributed by atoms with Gasteiger partial charge in [-0.3, -0.25) is 4.99 Å². The lowest BCUT2D eigenvalue weighted by molar-refractivity contribution is 0.0888. The topological polar surface area (TPSA) is 54.9 Å². The number of hydrogen-bond donors (Lipinski definition) is 2. The SMILES string of the molecule is CCNC(=NCC(C)(C)c1ccccc1C)NCCCOCC1CCOC1. The highest BCUT2D eigenvalue weighted by Crippen LogP contribution is 2.26. The van der Waals surface area contributed by atoms with Crippen LogP contribution in [0.4, 0.5) is 0 Å². The van der Waals surface area contributed by atoms with Crippen molar-refractivity contribution in [3.8, 4) is 0 Å². The van der Waals surface area contributed by atoms with Crippen LogP contribution in [0, 0.1) is 12.8 Å². The Balaban J connectivity index is 1.75. The molecule has 1 saturated heterocycles. The van der Waals surface area contributed by atoms with Crippen molar-refractivity contribution >= 4 is 5.96 Å². The molecule has 0 saturated carbocycles. The van der Waals surface area contributed by atoms with Gasteiger partial charge in [-0.1, -0.05) is 38.1 Å². The maximum absolute atomic E-state index is 5.76. The molecule has 1 aliphatic rings. The zero-order valence-corrected chi connectivity index (χ0v) is 17.5. The summed E-state index contributed by atoms with van der Waals surface area (Å²) in [5, 5.41) is 6.76. The van der Waals surface area contributed by atoms with Gasteiger partial charge in [0.15, 0.2) is 5.96 Å². The molecule has 1 unspecified atom stereocenters. The van der Waals surface area contributed by atoms with Crippen LogP contribution in [0.5, 0.6) is 0 Å². The molecule has 1 heterocycles. The van der Waals surface area contributed by atoms with Gasteiger partial charge in [0, 0.05) is 37.6 Å². The molecule has 5 heteroatoms. The van der Waals surface area contributed by atoms with Gasteiger partial charge in [0.1, 0.15) is 0 Å². The van der Waals surface area contributed by atoms with Gasteiger partial charge >= 0.3 is 0 Å². The van der Waals surface area contributed by atoms with Gasteiger partial charge in [0.2, 0.25) is 0 Å². The summed E-state index contributed by atoms with van der Waals surface area (Å²) in [6.07, 6.45) is 2.10. The minimum Gasteiger partial charge on any atom is -0.381 e. The number of nitrogens with one attached hydrogen (secondary N) is 2. The number of benzene rings is 1. The first-order valence-corrected chi connectivity index (χ1v) is 10.3. The van der Waals surface area contributed by atoms with Crippen LogP contribution in [0.3, 0.4) is 0 Å². The Morgan fingerprint density at radius 1 is 1.30 bits per heavy atom. The van der Waals surface area contributed by atoms with Gasteiger partial charge in [-0.2, -0.15) is 0 Å². The summed E-state index contributed by atoms with van der Waals surface area (Å²) in [6.45, 7) is 14.6. The van der Waals surface area contributed by atoms with E-state index in [1.807, 2.05) is 0 Å². The van der Waals surface area contributed by atoms with E-state index in [9.17, 15) is 0 Å². The quantitative estimate of drug-likeness (QED) is 0.374. The lowest BCUT2D eigenvalue weighted by Crippen LogP contribution is -2.39. The predicted octanol–water partition coefficient (Wildman–Crippen LogP) is 3.27. The van der Waals surface area contributed by atoms with E-state index in [1.165, 1.54) is 11.1 Å². The maximum atomic E-state index is 5.76. The Hall–Kier alpha value is -1.59. The van der Waals surface area contributed by atoms with E-state index in [4.69, 9.17) is 14.5 Å². The molecule has 1 aromatic carbocycles. The molecule has 0 bridgehead atoms. The lowest BCUT2D eigenvalue weighted by Gasteiger charge is -2.25. The number of guanidine groups is 1. The van der Waals surface area contributed by atoms with Crippen LogP contribution in [-0.2, 0) is 14.9 Å². The molecule has 1 aromatic rings. The van der Waals surface area contributed by atoms with Crippen molar-refractivity contribution in [2.45, 2.75) is 46.0 Å². The van der Waals surface area contributed by atoms with E-state index in [1.54, 1.807) is 0 Å². The molecule has 1 aliphatic heterocycles.